The van der Waals surface area contributed by atoms with Gasteiger partial charge in [-0.2, -0.15) is 5.10 Å². The van der Waals surface area contributed by atoms with Gasteiger partial charge in [-0.1, -0.05) is 53.5 Å². The van der Waals surface area contributed by atoms with Crippen LogP contribution in [-0.4, -0.2) is 18.9 Å². The fourth-order valence-electron chi connectivity index (χ4n) is 3.31. The van der Waals surface area contributed by atoms with Crippen LogP contribution in [0.4, 0.5) is 10.5 Å². The standard InChI is InChI=1S/C27H27Cl2N3O3/c1-4-8-21-13-20(16-30-32-27(33)31-24-10-7-6-9-18(24)3)15-25(34-5-2)26(21)35-17-19-11-12-22(28)23(29)14-19/h4,6-7,9-16H,1,5,8,17H2,2-3H3,(H2,31,32,33). The molecular weight excluding hydrogens is 485 g/mol. The number of anilines is 1. The number of hydrazone groups is 1. The minimum Gasteiger partial charge on any atom is -0.490 e. The van der Waals surface area contributed by atoms with E-state index < -0.39 is 6.03 Å². The highest BCUT2D eigenvalue weighted by Gasteiger charge is 2.14. The summed E-state index contributed by atoms with van der Waals surface area (Å²) in [5, 5.41) is 7.80. The number of urea groups is 1. The molecule has 3 aromatic rings. The zero-order chi connectivity index (χ0) is 25.2. The molecule has 0 aromatic heterocycles. The molecule has 3 rings (SSSR count). The Morgan fingerprint density at radius 1 is 1.09 bits per heavy atom. The van der Waals surface area contributed by atoms with Gasteiger partial charge in [0.2, 0.25) is 0 Å². The first-order valence-electron chi connectivity index (χ1n) is 11.0. The molecule has 3 aromatic carbocycles. The Hall–Kier alpha value is -3.48. The zero-order valence-electron chi connectivity index (χ0n) is 19.6. The smallest absolute Gasteiger partial charge is 0.339 e. The summed E-state index contributed by atoms with van der Waals surface area (Å²) in [5.74, 6) is 1.18. The highest BCUT2D eigenvalue weighted by molar-refractivity contribution is 6.42. The summed E-state index contributed by atoms with van der Waals surface area (Å²) in [6.07, 6.45) is 3.89. The van der Waals surface area contributed by atoms with E-state index in [1.54, 1.807) is 24.4 Å². The molecule has 0 spiro atoms. The molecule has 8 heteroatoms. The Kier molecular flexibility index (Phi) is 9.58. The Labute approximate surface area is 215 Å². The first kappa shape index (κ1) is 26.1. The van der Waals surface area contributed by atoms with Crippen molar-refractivity contribution in [2.75, 3.05) is 11.9 Å². The third-order valence-electron chi connectivity index (χ3n) is 4.96. The normalized spacial score (nSPS) is 10.7. The van der Waals surface area contributed by atoms with E-state index in [2.05, 4.69) is 22.4 Å². The topological polar surface area (TPSA) is 72.0 Å². The molecule has 0 saturated heterocycles. The number of amides is 2. The quantitative estimate of drug-likeness (QED) is 0.172. The number of hydrogen-bond donors (Lipinski definition) is 2. The number of ether oxygens (including phenoxy) is 2. The molecule has 6 nitrogen and oxygen atoms in total. The van der Waals surface area contributed by atoms with Gasteiger partial charge in [0.15, 0.2) is 11.5 Å². The number of allylic oxidation sites excluding steroid dienone is 1. The second kappa shape index (κ2) is 12.8. The fourth-order valence-corrected chi connectivity index (χ4v) is 3.63. The third kappa shape index (κ3) is 7.50. The number of hydrogen-bond acceptors (Lipinski definition) is 4. The summed E-state index contributed by atoms with van der Waals surface area (Å²) in [4.78, 5) is 12.2. The number of aryl methyl sites for hydroxylation is 1. The van der Waals surface area contributed by atoms with Crippen LogP contribution in [-0.2, 0) is 13.0 Å². The average Bonchev–Trinajstić information content (AvgIpc) is 2.82. The van der Waals surface area contributed by atoms with Crippen LogP contribution >= 0.6 is 23.2 Å². The van der Waals surface area contributed by atoms with Gasteiger partial charge in [-0.15, -0.1) is 6.58 Å². The molecular formula is C27H27Cl2N3O3. The molecule has 182 valence electrons. The van der Waals surface area contributed by atoms with Crippen molar-refractivity contribution < 1.29 is 14.3 Å². The second-order valence-electron chi connectivity index (χ2n) is 7.61. The van der Waals surface area contributed by atoms with Crippen LogP contribution in [0.5, 0.6) is 11.5 Å². The predicted octanol–water partition coefficient (Wildman–Crippen LogP) is 7.16. The third-order valence-corrected chi connectivity index (χ3v) is 5.70. The number of carbonyl (C=O) groups is 1. The summed E-state index contributed by atoms with van der Waals surface area (Å²) >= 11 is 12.1. The maximum Gasteiger partial charge on any atom is 0.339 e. The molecule has 2 N–H and O–H groups in total. The lowest BCUT2D eigenvalue weighted by Crippen LogP contribution is -2.24. The molecule has 0 aliphatic rings. The van der Waals surface area contributed by atoms with Crippen molar-refractivity contribution in [2.45, 2.75) is 26.9 Å². The van der Waals surface area contributed by atoms with Crippen LogP contribution in [0, 0.1) is 6.92 Å². The molecule has 0 saturated carbocycles. The van der Waals surface area contributed by atoms with Crippen LogP contribution in [0.15, 0.2) is 72.4 Å². The Balaban J connectivity index is 1.76. The minimum absolute atomic E-state index is 0.287. The molecule has 0 aliphatic carbocycles. The number of carbonyl (C=O) groups excluding carboxylic acids is 1. The summed E-state index contributed by atoms with van der Waals surface area (Å²) in [7, 11) is 0. The predicted molar refractivity (Wildman–Crippen MR) is 143 cm³/mol. The van der Waals surface area contributed by atoms with E-state index in [0.29, 0.717) is 34.6 Å². The first-order chi connectivity index (χ1) is 16.9. The van der Waals surface area contributed by atoms with Crippen molar-refractivity contribution in [3.8, 4) is 11.5 Å². The number of para-hydroxylation sites is 1. The maximum absolute atomic E-state index is 12.2. The fraction of sp³-hybridized carbons (Fsp3) is 0.185. The van der Waals surface area contributed by atoms with Gasteiger partial charge in [0.05, 0.1) is 22.9 Å². The largest absolute Gasteiger partial charge is 0.490 e. The molecule has 0 unspecified atom stereocenters. The van der Waals surface area contributed by atoms with E-state index in [9.17, 15) is 4.79 Å². The van der Waals surface area contributed by atoms with Crippen molar-refractivity contribution in [2.24, 2.45) is 5.10 Å². The van der Waals surface area contributed by atoms with E-state index in [1.807, 2.05) is 56.3 Å². The second-order valence-corrected chi connectivity index (χ2v) is 8.42. The summed E-state index contributed by atoms with van der Waals surface area (Å²) in [6, 6.07) is 16.2. The van der Waals surface area contributed by atoms with E-state index in [0.717, 1.165) is 27.9 Å². The van der Waals surface area contributed by atoms with Crippen LogP contribution in [0.3, 0.4) is 0 Å². The first-order valence-corrected chi connectivity index (χ1v) is 11.8. The Morgan fingerprint density at radius 2 is 1.89 bits per heavy atom. The number of halogens is 2. The summed E-state index contributed by atoms with van der Waals surface area (Å²) in [6.45, 7) is 8.40. The van der Waals surface area contributed by atoms with Gasteiger partial charge in [0, 0.05) is 11.3 Å². The van der Waals surface area contributed by atoms with E-state index in [4.69, 9.17) is 32.7 Å². The highest BCUT2D eigenvalue weighted by Crippen LogP contribution is 2.34. The van der Waals surface area contributed by atoms with Gasteiger partial charge in [-0.3, -0.25) is 0 Å². The molecule has 35 heavy (non-hydrogen) atoms. The molecule has 0 atom stereocenters. The van der Waals surface area contributed by atoms with Gasteiger partial charge in [0.1, 0.15) is 6.61 Å². The average molecular weight is 512 g/mol. The number of nitrogens with zero attached hydrogens (tertiary/aromatic N) is 1. The number of nitrogens with one attached hydrogen (secondary N) is 2. The highest BCUT2D eigenvalue weighted by atomic mass is 35.5. The number of benzene rings is 3. The SMILES string of the molecule is C=CCc1cc(C=NNC(=O)Nc2ccccc2C)cc(OCC)c1OCc1ccc(Cl)c(Cl)c1. The number of rotatable bonds is 10. The summed E-state index contributed by atoms with van der Waals surface area (Å²) < 4.78 is 12.0. The van der Waals surface area contributed by atoms with Crippen LogP contribution in [0.1, 0.15) is 29.2 Å². The minimum atomic E-state index is -0.437. The van der Waals surface area contributed by atoms with Gasteiger partial charge in [-0.25, -0.2) is 10.2 Å². The Morgan fingerprint density at radius 3 is 2.60 bits per heavy atom. The van der Waals surface area contributed by atoms with Crippen molar-refractivity contribution in [1.29, 1.82) is 0 Å². The van der Waals surface area contributed by atoms with E-state index in [-0.39, 0.29) is 6.61 Å². The zero-order valence-corrected chi connectivity index (χ0v) is 21.1. The summed E-state index contributed by atoms with van der Waals surface area (Å²) in [5.41, 5.74) is 6.65. The molecule has 0 heterocycles. The molecule has 2 amide bonds. The monoisotopic (exact) mass is 511 g/mol. The van der Waals surface area contributed by atoms with Crippen molar-refractivity contribution in [1.82, 2.24) is 5.43 Å². The van der Waals surface area contributed by atoms with Crippen molar-refractivity contribution >= 4 is 41.1 Å². The van der Waals surface area contributed by atoms with Gasteiger partial charge in [-0.05, 0) is 67.3 Å². The van der Waals surface area contributed by atoms with Gasteiger partial charge in [0.25, 0.3) is 0 Å². The maximum atomic E-state index is 12.2. The van der Waals surface area contributed by atoms with Crippen molar-refractivity contribution in [3.05, 3.63) is 99.6 Å². The molecule has 0 aliphatic heterocycles. The lowest BCUT2D eigenvalue weighted by atomic mass is 10.1. The van der Waals surface area contributed by atoms with E-state index in [1.165, 1.54) is 0 Å². The van der Waals surface area contributed by atoms with E-state index >= 15 is 0 Å². The van der Waals surface area contributed by atoms with Gasteiger partial charge < -0.3 is 14.8 Å². The lowest BCUT2D eigenvalue weighted by Gasteiger charge is -2.17. The molecule has 0 fully saturated rings. The lowest BCUT2D eigenvalue weighted by molar-refractivity contribution is 0.252. The van der Waals surface area contributed by atoms with Crippen LogP contribution < -0.4 is 20.2 Å². The molecule has 0 radical (unpaired) electrons. The Bertz CT molecular complexity index is 1230. The van der Waals surface area contributed by atoms with Gasteiger partial charge >= 0.3 is 6.03 Å². The molecule has 0 bridgehead atoms. The van der Waals surface area contributed by atoms with Crippen molar-refractivity contribution in [3.63, 3.8) is 0 Å². The van der Waals surface area contributed by atoms with Crippen LogP contribution in [0.25, 0.3) is 0 Å². The van der Waals surface area contributed by atoms with Crippen LogP contribution in [0.2, 0.25) is 10.0 Å².